The predicted molar refractivity (Wildman–Crippen MR) is 66.6 cm³/mol. The average molecular weight is 266 g/mol. The lowest BCUT2D eigenvalue weighted by Crippen LogP contribution is -2.47. The lowest BCUT2D eigenvalue weighted by molar-refractivity contribution is -0.137. The summed E-state index contributed by atoms with van der Waals surface area (Å²) in [5.74, 6) is 0.344. The minimum absolute atomic E-state index is 0.186. The van der Waals surface area contributed by atoms with Crippen LogP contribution in [0.4, 0.5) is 0 Å². The van der Waals surface area contributed by atoms with Gasteiger partial charge in [-0.2, -0.15) is 0 Å². The fraction of sp³-hybridized carbons (Fsp3) is 0.900. The van der Waals surface area contributed by atoms with Crippen LogP contribution in [0.2, 0.25) is 0 Å². The number of hydrogen-bond acceptors (Lipinski definition) is 5. The van der Waals surface area contributed by atoms with E-state index < -0.39 is 17.7 Å². The van der Waals surface area contributed by atoms with E-state index in [4.69, 9.17) is 5.11 Å². The highest BCUT2D eigenvalue weighted by atomic mass is 33.1. The van der Waals surface area contributed by atoms with E-state index in [1.54, 1.807) is 21.6 Å². The van der Waals surface area contributed by atoms with Gasteiger partial charge in [0.05, 0.1) is 6.10 Å². The van der Waals surface area contributed by atoms with Crippen LogP contribution < -0.4 is 0 Å². The van der Waals surface area contributed by atoms with E-state index in [0.29, 0.717) is 24.3 Å². The SMILES string of the molecule is O=C(O)CCCCC[C@]1(O)CSSC[C@@H]1O. The highest BCUT2D eigenvalue weighted by Gasteiger charge is 2.38. The van der Waals surface area contributed by atoms with E-state index in [9.17, 15) is 15.0 Å². The molecule has 0 saturated carbocycles. The van der Waals surface area contributed by atoms with Crippen LogP contribution in [0, 0.1) is 0 Å². The van der Waals surface area contributed by atoms with Crippen LogP contribution in [0.3, 0.4) is 0 Å². The zero-order valence-electron chi connectivity index (χ0n) is 9.09. The largest absolute Gasteiger partial charge is 0.481 e. The van der Waals surface area contributed by atoms with E-state index in [1.165, 1.54) is 0 Å². The normalized spacial score (nSPS) is 30.2. The summed E-state index contributed by atoms with van der Waals surface area (Å²) in [6.45, 7) is 0. The smallest absolute Gasteiger partial charge is 0.303 e. The molecule has 94 valence electrons. The Kier molecular flexibility index (Phi) is 5.96. The van der Waals surface area contributed by atoms with Crippen LogP contribution in [-0.2, 0) is 4.79 Å². The minimum atomic E-state index is -0.973. The monoisotopic (exact) mass is 266 g/mol. The molecule has 0 bridgehead atoms. The number of carboxylic acids is 1. The van der Waals surface area contributed by atoms with Gasteiger partial charge in [0, 0.05) is 17.9 Å². The maximum absolute atomic E-state index is 10.3. The molecule has 6 heteroatoms. The van der Waals surface area contributed by atoms with Crippen molar-refractivity contribution in [2.24, 2.45) is 0 Å². The van der Waals surface area contributed by atoms with Crippen LogP contribution in [0.5, 0.6) is 0 Å². The van der Waals surface area contributed by atoms with Gasteiger partial charge in [-0.1, -0.05) is 34.4 Å². The second kappa shape index (κ2) is 6.74. The number of aliphatic hydroxyl groups is 2. The summed E-state index contributed by atoms with van der Waals surface area (Å²) < 4.78 is 0. The summed E-state index contributed by atoms with van der Waals surface area (Å²) in [5.41, 5.74) is -0.973. The molecule has 0 aromatic heterocycles. The molecule has 0 radical (unpaired) electrons. The molecule has 1 fully saturated rings. The van der Waals surface area contributed by atoms with Gasteiger partial charge >= 0.3 is 5.97 Å². The first kappa shape index (κ1) is 14.2. The summed E-state index contributed by atoms with van der Waals surface area (Å²) >= 11 is 0. The second-order valence-electron chi connectivity index (χ2n) is 4.12. The Morgan fingerprint density at radius 3 is 2.69 bits per heavy atom. The Morgan fingerprint density at radius 1 is 1.31 bits per heavy atom. The third-order valence-electron chi connectivity index (χ3n) is 2.74. The Labute approximate surface area is 103 Å². The van der Waals surface area contributed by atoms with Gasteiger partial charge in [-0.05, 0) is 12.8 Å². The number of carboxylic acid groups (broad SMARTS) is 1. The van der Waals surface area contributed by atoms with Crippen molar-refractivity contribution in [3.63, 3.8) is 0 Å². The molecule has 1 aliphatic heterocycles. The van der Waals surface area contributed by atoms with Crippen LogP contribution in [-0.4, -0.2) is 44.5 Å². The topological polar surface area (TPSA) is 77.8 Å². The minimum Gasteiger partial charge on any atom is -0.481 e. The van der Waals surface area contributed by atoms with E-state index >= 15 is 0 Å². The van der Waals surface area contributed by atoms with Crippen LogP contribution >= 0.6 is 21.6 Å². The van der Waals surface area contributed by atoms with Gasteiger partial charge in [-0.3, -0.25) is 4.79 Å². The van der Waals surface area contributed by atoms with Crippen LogP contribution in [0.25, 0.3) is 0 Å². The molecule has 0 unspecified atom stereocenters. The molecule has 0 aromatic carbocycles. The molecule has 3 N–H and O–H groups in total. The zero-order chi connectivity index (χ0) is 12.0. The number of aliphatic hydroxyl groups excluding tert-OH is 1. The van der Waals surface area contributed by atoms with Crippen LogP contribution in [0.15, 0.2) is 0 Å². The first-order valence-corrected chi connectivity index (χ1v) is 7.90. The average Bonchev–Trinajstić information content (AvgIpc) is 2.22. The number of aliphatic carboxylic acids is 1. The molecule has 0 spiro atoms. The molecule has 1 heterocycles. The van der Waals surface area contributed by atoms with E-state index in [1.807, 2.05) is 0 Å². The summed E-state index contributed by atoms with van der Waals surface area (Å²) in [5, 5.41) is 28.3. The zero-order valence-corrected chi connectivity index (χ0v) is 10.7. The molecular weight excluding hydrogens is 248 g/mol. The van der Waals surface area contributed by atoms with E-state index in [0.717, 1.165) is 12.8 Å². The third kappa shape index (κ3) is 4.53. The fourth-order valence-corrected chi connectivity index (χ4v) is 4.33. The molecule has 1 saturated heterocycles. The second-order valence-corrected chi connectivity index (χ2v) is 6.63. The molecule has 1 rings (SSSR count). The van der Waals surface area contributed by atoms with Gasteiger partial charge in [-0.15, -0.1) is 0 Å². The van der Waals surface area contributed by atoms with Gasteiger partial charge in [0.15, 0.2) is 0 Å². The quantitative estimate of drug-likeness (QED) is 0.499. The van der Waals surface area contributed by atoms with Gasteiger partial charge in [0.1, 0.15) is 5.60 Å². The van der Waals surface area contributed by atoms with Gasteiger partial charge in [0.25, 0.3) is 0 Å². The molecular formula is C10H18O4S2. The Hall–Kier alpha value is 0.0900. The lowest BCUT2D eigenvalue weighted by atomic mass is 9.92. The van der Waals surface area contributed by atoms with Crippen molar-refractivity contribution in [1.82, 2.24) is 0 Å². The summed E-state index contributed by atoms with van der Waals surface area (Å²) in [7, 11) is 3.17. The van der Waals surface area contributed by atoms with Crippen molar-refractivity contribution in [3.8, 4) is 0 Å². The van der Waals surface area contributed by atoms with Crippen molar-refractivity contribution >= 4 is 27.6 Å². The molecule has 2 atom stereocenters. The van der Waals surface area contributed by atoms with Gasteiger partial charge in [0.2, 0.25) is 0 Å². The molecule has 16 heavy (non-hydrogen) atoms. The summed E-state index contributed by atoms with van der Waals surface area (Å²) in [6.07, 6.45) is 2.29. The molecule has 0 amide bonds. The summed E-state index contributed by atoms with van der Waals surface area (Å²) in [6, 6.07) is 0. The molecule has 0 aliphatic carbocycles. The Bertz CT molecular complexity index is 237. The Morgan fingerprint density at radius 2 is 2.06 bits per heavy atom. The van der Waals surface area contributed by atoms with Crippen LogP contribution in [0.1, 0.15) is 32.1 Å². The molecule has 1 aliphatic rings. The number of rotatable bonds is 6. The fourth-order valence-electron chi connectivity index (χ4n) is 1.63. The number of carbonyl (C=O) groups is 1. The summed E-state index contributed by atoms with van der Waals surface area (Å²) in [4.78, 5) is 10.3. The van der Waals surface area contributed by atoms with Gasteiger partial charge in [-0.25, -0.2) is 0 Å². The molecule has 4 nitrogen and oxygen atoms in total. The predicted octanol–water partition coefficient (Wildman–Crippen LogP) is 1.51. The maximum atomic E-state index is 10.3. The van der Waals surface area contributed by atoms with E-state index in [-0.39, 0.29) is 6.42 Å². The highest BCUT2D eigenvalue weighted by molar-refractivity contribution is 8.76. The first-order valence-electron chi connectivity index (χ1n) is 5.41. The van der Waals surface area contributed by atoms with E-state index in [2.05, 4.69) is 0 Å². The lowest BCUT2D eigenvalue weighted by Gasteiger charge is -2.35. The standard InChI is InChI=1S/C10H18O4S2/c11-8-6-15-16-7-10(8,14)5-3-1-2-4-9(12)13/h8,11,14H,1-7H2,(H,12,13)/t8-,10-/m0/s1. The number of unbranched alkanes of at least 4 members (excludes halogenated alkanes) is 2. The Balaban J connectivity index is 2.17. The first-order chi connectivity index (χ1) is 7.54. The van der Waals surface area contributed by atoms with Crippen molar-refractivity contribution < 1.29 is 20.1 Å². The van der Waals surface area contributed by atoms with Crippen molar-refractivity contribution in [1.29, 1.82) is 0 Å². The van der Waals surface area contributed by atoms with Crippen molar-refractivity contribution in [2.75, 3.05) is 11.5 Å². The van der Waals surface area contributed by atoms with Crippen molar-refractivity contribution in [2.45, 2.75) is 43.8 Å². The maximum Gasteiger partial charge on any atom is 0.303 e. The highest BCUT2D eigenvalue weighted by Crippen LogP contribution is 2.38. The van der Waals surface area contributed by atoms with Gasteiger partial charge < -0.3 is 15.3 Å². The van der Waals surface area contributed by atoms with Crippen molar-refractivity contribution in [3.05, 3.63) is 0 Å². The molecule has 0 aromatic rings. The number of hydrogen-bond donors (Lipinski definition) is 3. The third-order valence-corrected chi connectivity index (χ3v) is 5.24.